The molecular weight excluding hydrogens is 453 g/mol. The first-order chi connectivity index (χ1) is 15.4. The van der Waals surface area contributed by atoms with Crippen molar-refractivity contribution < 1.29 is 24.2 Å². The van der Waals surface area contributed by atoms with E-state index in [0.717, 1.165) is 11.1 Å². The molecule has 1 amide bonds. The van der Waals surface area contributed by atoms with Crippen LogP contribution in [-0.4, -0.2) is 35.6 Å². The van der Waals surface area contributed by atoms with Gasteiger partial charge in [0.05, 0.1) is 7.11 Å². The van der Waals surface area contributed by atoms with Gasteiger partial charge in [-0.2, -0.15) is 0 Å². The van der Waals surface area contributed by atoms with Gasteiger partial charge in [-0.05, 0) is 47.5 Å². The molecule has 0 aliphatic rings. The number of carbonyl (C=O) groups excluding carboxylic acids is 1. The van der Waals surface area contributed by atoms with Crippen LogP contribution in [0.1, 0.15) is 21.5 Å². The van der Waals surface area contributed by atoms with Crippen molar-refractivity contribution in [3.05, 3.63) is 93.5 Å². The summed E-state index contributed by atoms with van der Waals surface area (Å²) in [7, 11) is 1.59. The van der Waals surface area contributed by atoms with Gasteiger partial charge in [0, 0.05) is 23.1 Å². The molecule has 0 fully saturated rings. The smallest absolute Gasteiger partial charge is 0.339 e. The van der Waals surface area contributed by atoms with E-state index in [0.29, 0.717) is 17.3 Å². The summed E-state index contributed by atoms with van der Waals surface area (Å²) in [6.45, 7) is 0.229. The number of carboxylic acid groups (broad SMARTS) is 1. The van der Waals surface area contributed by atoms with Crippen LogP contribution >= 0.6 is 23.2 Å². The second kappa shape index (κ2) is 10.9. The third kappa shape index (κ3) is 6.15. The minimum atomic E-state index is -1.19. The van der Waals surface area contributed by atoms with Gasteiger partial charge in [-0.25, -0.2) is 4.79 Å². The minimum absolute atomic E-state index is 0.0670. The SMILES string of the molecule is COc1ccc(CN(Cc2ccccc2Cl)C(=O)COc2ccc(Cl)cc2C(=O)O)cc1. The normalized spacial score (nSPS) is 10.5. The first kappa shape index (κ1) is 23.4. The first-order valence-corrected chi connectivity index (χ1v) is 10.4. The van der Waals surface area contributed by atoms with Crippen LogP contribution in [0, 0.1) is 0 Å². The number of benzene rings is 3. The summed E-state index contributed by atoms with van der Waals surface area (Å²) < 4.78 is 10.7. The quantitative estimate of drug-likeness (QED) is 0.455. The lowest BCUT2D eigenvalue weighted by molar-refractivity contribution is -0.134. The van der Waals surface area contributed by atoms with E-state index < -0.39 is 5.97 Å². The molecule has 0 aromatic heterocycles. The highest BCUT2D eigenvalue weighted by molar-refractivity contribution is 6.31. The number of methoxy groups -OCH3 is 1. The molecule has 6 nitrogen and oxygen atoms in total. The lowest BCUT2D eigenvalue weighted by Crippen LogP contribution is -2.34. The molecule has 0 spiro atoms. The van der Waals surface area contributed by atoms with Gasteiger partial charge in [-0.1, -0.05) is 53.5 Å². The van der Waals surface area contributed by atoms with Crippen molar-refractivity contribution in [1.29, 1.82) is 0 Å². The molecule has 0 bridgehead atoms. The number of ether oxygens (including phenoxy) is 2. The van der Waals surface area contributed by atoms with Crippen molar-refractivity contribution in [2.75, 3.05) is 13.7 Å². The lowest BCUT2D eigenvalue weighted by Gasteiger charge is -2.24. The standard InChI is InChI=1S/C24H21Cl2NO5/c1-31-19-9-6-16(7-10-19)13-27(14-17-4-2-3-5-21(17)26)23(28)15-32-22-11-8-18(25)12-20(22)24(29)30/h2-12H,13-15H2,1H3,(H,29,30). The number of carboxylic acids is 1. The molecule has 0 radical (unpaired) electrons. The summed E-state index contributed by atoms with van der Waals surface area (Å²) in [6, 6.07) is 18.9. The van der Waals surface area contributed by atoms with Crippen molar-refractivity contribution >= 4 is 35.1 Å². The fraction of sp³-hybridized carbons (Fsp3) is 0.167. The average molecular weight is 474 g/mol. The van der Waals surface area contributed by atoms with Gasteiger partial charge in [-0.3, -0.25) is 4.79 Å². The minimum Gasteiger partial charge on any atom is -0.497 e. The van der Waals surface area contributed by atoms with Crippen molar-refractivity contribution in [2.45, 2.75) is 13.1 Å². The van der Waals surface area contributed by atoms with Gasteiger partial charge in [0.25, 0.3) is 5.91 Å². The number of nitrogens with zero attached hydrogens (tertiary/aromatic N) is 1. The monoisotopic (exact) mass is 473 g/mol. The Bertz CT molecular complexity index is 1100. The molecule has 0 atom stereocenters. The number of hydrogen-bond donors (Lipinski definition) is 1. The van der Waals surface area contributed by atoms with E-state index >= 15 is 0 Å². The first-order valence-electron chi connectivity index (χ1n) is 9.67. The zero-order chi connectivity index (χ0) is 23.1. The molecule has 32 heavy (non-hydrogen) atoms. The Balaban J connectivity index is 1.79. The van der Waals surface area contributed by atoms with Gasteiger partial charge in [0.1, 0.15) is 17.1 Å². The number of amides is 1. The van der Waals surface area contributed by atoms with E-state index in [9.17, 15) is 14.7 Å². The molecule has 0 aliphatic heterocycles. The van der Waals surface area contributed by atoms with Crippen molar-refractivity contribution in [3.8, 4) is 11.5 Å². The zero-order valence-corrected chi connectivity index (χ0v) is 18.8. The number of halogens is 2. The van der Waals surface area contributed by atoms with E-state index in [-0.39, 0.29) is 35.4 Å². The Labute approximate surface area is 195 Å². The van der Waals surface area contributed by atoms with E-state index in [1.807, 2.05) is 42.5 Å². The number of carbonyl (C=O) groups is 2. The predicted molar refractivity (Wildman–Crippen MR) is 123 cm³/mol. The maximum absolute atomic E-state index is 13.1. The molecule has 3 rings (SSSR count). The molecule has 3 aromatic rings. The third-order valence-corrected chi connectivity index (χ3v) is 5.33. The summed E-state index contributed by atoms with van der Waals surface area (Å²) >= 11 is 12.2. The molecule has 0 saturated heterocycles. The summed E-state index contributed by atoms with van der Waals surface area (Å²) in [4.78, 5) is 26.1. The molecule has 0 unspecified atom stereocenters. The number of aromatic carboxylic acids is 1. The highest BCUT2D eigenvalue weighted by Gasteiger charge is 2.19. The van der Waals surface area contributed by atoms with Gasteiger partial charge >= 0.3 is 5.97 Å². The highest BCUT2D eigenvalue weighted by Crippen LogP contribution is 2.24. The Morgan fingerprint density at radius 2 is 1.69 bits per heavy atom. The Hall–Kier alpha value is -3.22. The molecule has 0 heterocycles. The van der Waals surface area contributed by atoms with Gasteiger partial charge < -0.3 is 19.5 Å². The molecule has 0 saturated carbocycles. The average Bonchev–Trinajstić information content (AvgIpc) is 2.79. The van der Waals surface area contributed by atoms with Crippen LogP contribution in [0.15, 0.2) is 66.7 Å². The Kier molecular flexibility index (Phi) is 7.98. The molecule has 0 aliphatic carbocycles. The fourth-order valence-corrected chi connectivity index (χ4v) is 3.41. The Morgan fingerprint density at radius 1 is 0.969 bits per heavy atom. The second-order valence-electron chi connectivity index (χ2n) is 6.92. The van der Waals surface area contributed by atoms with Crippen molar-refractivity contribution in [2.24, 2.45) is 0 Å². The molecule has 166 valence electrons. The van der Waals surface area contributed by atoms with Crippen LogP contribution in [0.2, 0.25) is 10.0 Å². The zero-order valence-electron chi connectivity index (χ0n) is 17.3. The van der Waals surface area contributed by atoms with Crippen LogP contribution in [-0.2, 0) is 17.9 Å². The number of rotatable bonds is 9. The van der Waals surface area contributed by atoms with E-state index in [1.54, 1.807) is 18.1 Å². The van der Waals surface area contributed by atoms with E-state index in [1.165, 1.54) is 18.2 Å². The van der Waals surface area contributed by atoms with Gasteiger partial charge in [0.2, 0.25) is 0 Å². The van der Waals surface area contributed by atoms with E-state index in [4.69, 9.17) is 32.7 Å². The second-order valence-corrected chi connectivity index (χ2v) is 7.77. The summed E-state index contributed by atoms with van der Waals surface area (Å²) in [5.74, 6) is -0.740. The van der Waals surface area contributed by atoms with Crippen molar-refractivity contribution in [3.63, 3.8) is 0 Å². The maximum atomic E-state index is 13.1. The van der Waals surface area contributed by atoms with Crippen LogP contribution in [0.3, 0.4) is 0 Å². The molecule has 1 N–H and O–H groups in total. The van der Waals surface area contributed by atoms with E-state index in [2.05, 4.69) is 0 Å². The molecule has 3 aromatic carbocycles. The summed E-state index contributed by atoms with van der Waals surface area (Å²) in [5.41, 5.74) is 1.57. The van der Waals surface area contributed by atoms with Crippen LogP contribution in [0.25, 0.3) is 0 Å². The van der Waals surface area contributed by atoms with Crippen molar-refractivity contribution in [1.82, 2.24) is 4.90 Å². The topological polar surface area (TPSA) is 76.1 Å². The molecule has 8 heteroatoms. The van der Waals surface area contributed by atoms with Crippen LogP contribution in [0.4, 0.5) is 0 Å². The summed E-state index contributed by atoms with van der Waals surface area (Å²) in [5, 5.41) is 10.2. The predicted octanol–water partition coefficient (Wildman–Crippen LogP) is 5.31. The maximum Gasteiger partial charge on any atom is 0.339 e. The largest absolute Gasteiger partial charge is 0.497 e. The number of hydrogen-bond acceptors (Lipinski definition) is 4. The fourth-order valence-electron chi connectivity index (χ4n) is 3.04. The van der Waals surface area contributed by atoms with Crippen LogP contribution < -0.4 is 9.47 Å². The van der Waals surface area contributed by atoms with Crippen LogP contribution in [0.5, 0.6) is 11.5 Å². The Morgan fingerprint density at radius 3 is 2.34 bits per heavy atom. The van der Waals surface area contributed by atoms with Gasteiger partial charge in [0.15, 0.2) is 6.61 Å². The van der Waals surface area contributed by atoms with Gasteiger partial charge in [-0.15, -0.1) is 0 Å². The summed E-state index contributed by atoms with van der Waals surface area (Å²) in [6.07, 6.45) is 0. The third-order valence-electron chi connectivity index (χ3n) is 4.73. The lowest BCUT2D eigenvalue weighted by atomic mass is 10.1. The highest BCUT2D eigenvalue weighted by atomic mass is 35.5. The molecular formula is C24H21Cl2NO5.